The van der Waals surface area contributed by atoms with Crippen molar-refractivity contribution in [2.45, 2.75) is 78.2 Å². The molecule has 1 aliphatic rings. The molecule has 29 heavy (non-hydrogen) atoms. The van der Waals surface area contributed by atoms with Crippen molar-refractivity contribution in [3.8, 4) is 0 Å². The average Bonchev–Trinajstić information content (AvgIpc) is 2.57. The highest BCUT2D eigenvalue weighted by molar-refractivity contribution is 5.70. The molecular formula is C18H26O11. The summed E-state index contributed by atoms with van der Waals surface area (Å²) in [6.45, 7) is 5.84. The molecule has 0 aromatic rings. The molecule has 1 fully saturated rings. The summed E-state index contributed by atoms with van der Waals surface area (Å²) in [4.78, 5) is 58.0. The minimum absolute atomic E-state index is 0.0624. The maximum absolute atomic E-state index is 12.0. The van der Waals surface area contributed by atoms with Crippen LogP contribution in [0.25, 0.3) is 0 Å². The van der Waals surface area contributed by atoms with Gasteiger partial charge < -0.3 is 28.4 Å². The lowest BCUT2D eigenvalue weighted by molar-refractivity contribution is -0.300. The fourth-order valence-electron chi connectivity index (χ4n) is 2.68. The third-order valence-electron chi connectivity index (χ3n) is 3.65. The summed E-state index contributed by atoms with van der Waals surface area (Å²) >= 11 is 0. The number of hydrogen-bond acceptors (Lipinski definition) is 11. The minimum atomic E-state index is -1.48. The first-order valence-electron chi connectivity index (χ1n) is 9.05. The normalized spacial score (nSPS) is 26.0. The molecule has 1 rings (SSSR count). The van der Waals surface area contributed by atoms with Gasteiger partial charge in [-0.3, -0.25) is 24.0 Å². The van der Waals surface area contributed by atoms with Gasteiger partial charge in [0.2, 0.25) is 12.4 Å². The highest BCUT2D eigenvalue weighted by Gasteiger charge is 2.53. The Kier molecular flexibility index (Phi) is 9.53. The minimum Gasteiger partial charge on any atom is -0.463 e. The van der Waals surface area contributed by atoms with Gasteiger partial charge in [0.05, 0.1) is 0 Å². The molecule has 1 aliphatic heterocycles. The van der Waals surface area contributed by atoms with E-state index in [9.17, 15) is 24.0 Å². The van der Waals surface area contributed by atoms with Gasteiger partial charge >= 0.3 is 29.8 Å². The molecule has 0 saturated carbocycles. The van der Waals surface area contributed by atoms with Gasteiger partial charge in [-0.15, -0.1) is 0 Å². The average molecular weight is 418 g/mol. The van der Waals surface area contributed by atoms with Gasteiger partial charge in [-0.1, -0.05) is 6.92 Å². The molecule has 0 N–H and O–H groups in total. The van der Waals surface area contributed by atoms with Gasteiger partial charge in [0.25, 0.3) is 0 Å². The molecule has 1 heterocycles. The van der Waals surface area contributed by atoms with Crippen LogP contribution >= 0.6 is 0 Å². The summed E-state index contributed by atoms with van der Waals surface area (Å²) in [6.07, 6.45) is -6.14. The van der Waals surface area contributed by atoms with Crippen molar-refractivity contribution in [2.24, 2.45) is 0 Å². The van der Waals surface area contributed by atoms with Gasteiger partial charge in [-0.2, -0.15) is 0 Å². The van der Waals surface area contributed by atoms with E-state index in [4.69, 9.17) is 28.4 Å². The summed E-state index contributed by atoms with van der Waals surface area (Å²) in [5.41, 5.74) is 0. The second-order valence-corrected chi connectivity index (χ2v) is 6.31. The SMILES string of the molecule is CCCC(=O)O[C@@H]1O[C@H](COC(C)=O)[C@H](OC(C)=O)[C@H](OC(C)=O)[C@H]1OC(C)=O. The Hall–Kier alpha value is -2.69. The third-order valence-corrected chi connectivity index (χ3v) is 3.65. The molecule has 164 valence electrons. The zero-order valence-corrected chi connectivity index (χ0v) is 17.0. The van der Waals surface area contributed by atoms with E-state index in [1.807, 2.05) is 0 Å². The molecule has 0 radical (unpaired) electrons. The topological polar surface area (TPSA) is 141 Å². The van der Waals surface area contributed by atoms with Crippen molar-refractivity contribution in [3.63, 3.8) is 0 Å². The lowest BCUT2D eigenvalue weighted by Crippen LogP contribution is -2.63. The molecule has 11 nitrogen and oxygen atoms in total. The molecule has 0 aliphatic carbocycles. The Morgan fingerprint density at radius 3 is 1.72 bits per heavy atom. The summed E-state index contributed by atoms with van der Waals surface area (Å²) in [5.74, 6) is -3.57. The van der Waals surface area contributed by atoms with E-state index in [0.717, 1.165) is 27.7 Å². The second-order valence-electron chi connectivity index (χ2n) is 6.31. The highest BCUT2D eigenvalue weighted by Crippen LogP contribution is 2.30. The molecule has 0 amide bonds. The Morgan fingerprint density at radius 2 is 1.24 bits per heavy atom. The Balaban J connectivity index is 3.29. The van der Waals surface area contributed by atoms with Crippen LogP contribution in [0.5, 0.6) is 0 Å². The standard InChI is InChI=1S/C18H26O11/c1-6-7-14(23)29-18-17(27-12(5)22)16(26-11(4)21)15(25-10(3)20)13(28-18)8-24-9(2)19/h13,15-18H,6-8H2,1-5H3/t13-,15+,16+,17-,18+/m1/s1. The van der Waals surface area contributed by atoms with Crippen LogP contribution in [0.3, 0.4) is 0 Å². The molecule has 0 unspecified atom stereocenters. The molecule has 5 atom stereocenters. The highest BCUT2D eigenvalue weighted by atomic mass is 16.7. The molecule has 0 bridgehead atoms. The van der Waals surface area contributed by atoms with Crippen molar-refractivity contribution >= 4 is 29.8 Å². The van der Waals surface area contributed by atoms with E-state index in [-0.39, 0.29) is 13.0 Å². The molecule has 1 saturated heterocycles. The second kappa shape index (κ2) is 11.3. The van der Waals surface area contributed by atoms with E-state index in [1.54, 1.807) is 6.92 Å². The number of esters is 5. The van der Waals surface area contributed by atoms with Gasteiger partial charge in [0.15, 0.2) is 12.2 Å². The summed E-state index contributed by atoms with van der Waals surface area (Å²) < 4.78 is 31.4. The molecule has 0 aromatic carbocycles. The van der Waals surface area contributed by atoms with Gasteiger partial charge in [-0.05, 0) is 6.42 Å². The van der Waals surface area contributed by atoms with Crippen molar-refractivity contribution in [2.75, 3.05) is 6.61 Å². The predicted molar refractivity (Wildman–Crippen MR) is 93.0 cm³/mol. The largest absolute Gasteiger partial charge is 0.463 e. The van der Waals surface area contributed by atoms with E-state index >= 15 is 0 Å². The molecule has 0 aromatic heterocycles. The van der Waals surface area contributed by atoms with Crippen molar-refractivity contribution in [1.29, 1.82) is 0 Å². The Bertz CT molecular complexity index is 629. The van der Waals surface area contributed by atoms with Gasteiger partial charge in [0.1, 0.15) is 12.7 Å². The fourth-order valence-corrected chi connectivity index (χ4v) is 2.68. The zero-order valence-electron chi connectivity index (χ0n) is 17.0. The van der Waals surface area contributed by atoms with Crippen molar-refractivity contribution in [1.82, 2.24) is 0 Å². The molecular weight excluding hydrogens is 392 g/mol. The zero-order chi connectivity index (χ0) is 22.1. The summed E-state index contributed by atoms with van der Waals surface area (Å²) in [6, 6.07) is 0. The van der Waals surface area contributed by atoms with Crippen LogP contribution in [0.1, 0.15) is 47.5 Å². The van der Waals surface area contributed by atoms with E-state index in [0.29, 0.717) is 6.42 Å². The van der Waals surface area contributed by atoms with Crippen LogP contribution in [-0.2, 0) is 52.4 Å². The van der Waals surface area contributed by atoms with Gasteiger partial charge in [0, 0.05) is 34.1 Å². The third kappa shape index (κ3) is 8.06. The summed E-state index contributed by atoms with van der Waals surface area (Å²) in [5, 5.41) is 0. The van der Waals surface area contributed by atoms with Gasteiger partial charge in [-0.25, -0.2) is 0 Å². The lowest BCUT2D eigenvalue weighted by Gasteiger charge is -2.43. The number of ether oxygens (including phenoxy) is 6. The Labute approximate surface area is 167 Å². The molecule has 0 spiro atoms. The van der Waals surface area contributed by atoms with Crippen molar-refractivity contribution < 1.29 is 52.4 Å². The predicted octanol–water partition coefficient (Wildman–Crippen LogP) is 0.413. The first-order chi connectivity index (χ1) is 13.5. The maximum atomic E-state index is 12.0. The summed E-state index contributed by atoms with van der Waals surface area (Å²) in [7, 11) is 0. The van der Waals surface area contributed by atoms with Crippen LogP contribution in [-0.4, -0.2) is 67.2 Å². The van der Waals surface area contributed by atoms with Crippen molar-refractivity contribution in [3.05, 3.63) is 0 Å². The fraction of sp³-hybridized carbons (Fsp3) is 0.722. The monoisotopic (exact) mass is 418 g/mol. The number of carbonyl (C=O) groups is 5. The van der Waals surface area contributed by atoms with Crippen LogP contribution in [0.2, 0.25) is 0 Å². The Morgan fingerprint density at radius 1 is 0.724 bits per heavy atom. The quantitative estimate of drug-likeness (QED) is 0.400. The van der Waals surface area contributed by atoms with Crippen LogP contribution in [0.15, 0.2) is 0 Å². The first kappa shape index (κ1) is 24.3. The number of carbonyl (C=O) groups excluding carboxylic acids is 5. The maximum Gasteiger partial charge on any atom is 0.308 e. The first-order valence-corrected chi connectivity index (χ1v) is 9.05. The smallest absolute Gasteiger partial charge is 0.308 e. The van der Waals surface area contributed by atoms with E-state index < -0.39 is 60.6 Å². The van der Waals surface area contributed by atoms with E-state index in [2.05, 4.69) is 0 Å². The van der Waals surface area contributed by atoms with Crippen LogP contribution in [0.4, 0.5) is 0 Å². The number of hydrogen-bond donors (Lipinski definition) is 0. The van der Waals surface area contributed by atoms with Crippen LogP contribution in [0, 0.1) is 0 Å². The van der Waals surface area contributed by atoms with Crippen LogP contribution < -0.4 is 0 Å². The lowest BCUT2D eigenvalue weighted by atomic mass is 9.98. The van der Waals surface area contributed by atoms with E-state index in [1.165, 1.54) is 0 Å². The molecule has 11 heteroatoms. The number of rotatable bonds is 8.